The molecule has 0 aromatic heterocycles. The van der Waals surface area contributed by atoms with Crippen molar-refractivity contribution in [3.63, 3.8) is 0 Å². The first kappa shape index (κ1) is 7.66. The first-order chi connectivity index (χ1) is 4.66. The summed E-state index contributed by atoms with van der Waals surface area (Å²) in [5.74, 6) is 0.458. The molecule has 3 heteroatoms. The van der Waals surface area contributed by atoms with E-state index < -0.39 is 0 Å². The van der Waals surface area contributed by atoms with E-state index >= 15 is 0 Å². The highest BCUT2D eigenvalue weighted by atomic mass is 32.1. The van der Waals surface area contributed by atoms with Gasteiger partial charge < -0.3 is 5.32 Å². The minimum atomic E-state index is 0.0972. The van der Waals surface area contributed by atoms with Crippen molar-refractivity contribution < 1.29 is 4.79 Å². The Kier molecular flexibility index (Phi) is 2.04. The molecule has 0 spiro atoms. The SMILES string of the molecule is CC[C@H]1C(=O)NC(=S)[C@H]1C. The van der Waals surface area contributed by atoms with Crippen LogP contribution in [-0.4, -0.2) is 10.9 Å². The lowest BCUT2D eigenvalue weighted by molar-refractivity contribution is -0.122. The Morgan fingerprint density at radius 2 is 2.30 bits per heavy atom. The minimum Gasteiger partial charge on any atom is -0.320 e. The van der Waals surface area contributed by atoms with Crippen molar-refractivity contribution in [2.75, 3.05) is 0 Å². The summed E-state index contributed by atoms with van der Waals surface area (Å²) in [6.45, 7) is 4.00. The summed E-state index contributed by atoms with van der Waals surface area (Å²) in [6, 6.07) is 0. The van der Waals surface area contributed by atoms with Gasteiger partial charge in [-0.25, -0.2) is 0 Å². The molecule has 0 aromatic rings. The van der Waals surface area contributed by atoms with Gasteiger partial charge in [-0.3, -0.25) is 4.79 Å². The highest BCUT2D eigenvalue weighted by Gasteiger charge is 2.33. The van der Waals surface area contributed by atoms with Gasteiger partial charge in [0, 0.05) is 11.8 Å². The van der Waals surface area contributed by atoms with E-state index in [0.29, 0.717) is 4.99 Å². The van der Waals surface area contributed by atoms with Crippen LogP contribution >= 0.6 is 12.2 Å². The van der Waals surface area contributed by atoms with E-state index in [1.54, 1.807) is 0 Å². The van der Waals surface area contributed by atoms with Gasteiger partial charge in [0.05, 0.1) is 4.99 Å². The third kappa shape index (κ3) is 1.06. The van der Waals surface area contributed by atoms with Crippen LogP contribution < -0.4 is 5.32 Å². The predicted molar refractivity (Wildman–Crippen MR) is 43.7 cm³/mol. The molecule has 2 nitrogen and oxygen atoms in total. The third-order valence-electron chi connectivity index (χ3n) is 2.04. The third-order valence-corrected chi connectivity index (χ3v) is 2.51. The van der Waals surface area contributed by atoms with Crippen LogP contribution in [-0.2, 0) is 4.79 Å². The van der Waals surface area contributed by atoms with Crippen molar-refractivity contribution in [2.24, 2.45) is 11.8 Å². The molecule has 56 valence electrons. The number of hydrogen-bond acceptors (Lipinski definition) is 2. The summed E-state index contributed by atoms with van der Waals surface area (Å²) in [4.78, 5) is 11.7. The number of rotatable bonds is 1. The Labute approximate surface area is 66.0 Å². The molecule has 1 aliphatic rings. The summed E-state index contributed by atoms with van der Waals surface area (Å²) < 4.78 is 0. The van der Waals surface area contributed by atoms with Crippen LogP contribution in [0.3, 0.4) is 0 Å². The topological polar surface area (TPSA) is 29.1 Å². The van der Waals surface area contributed by atoms with E-state index in [-0.39, 0.29) is 17.7 Å². The lowest BCUT2D eigenvalue weighted by Gasteiger charge is -2.06. The predicted octanol–water partition coefficient (Wildman–Crippen LogP) is 1.11. The van der Waals surface area contributed by atoms with Gasteiger partial charge in [0.25, 0.3) is 0 Å². The van der Waals surface area contributed by atoms with E-state index in [9.17, 15) is 4.79 Å². The van der Waals surface area contributed by atoms with Crippen LogP contribution in [0.1, 0.15) is 20.3 Å². The standard InChI is InChI=1S/C7H11NOS/c1-3-5-4(2)7(10)8-6(5)9/h4-5H,3H2,1-2H3,(H,8,9,10)/t4-,5+/m0/s1. The molecule has 1 rings (SSSR count). The highest BCUT2D eigenvalue weighted by molar-refractivity contribution is 7.80. The second-order valence-electron chi connectivity index (χ2n) is 2.66. The maximum atomic E-state index is 11.0. The summed E-state index contributed by atoms with van der Waals surface area (Å²) in [7, 11) is 0. The molecule has 0 aromatic carbocycles. The Morgan fingerprint density at radius 1 is 1.70 bits per heavy atom. The molecule has 2 atom stereocenters. The van der Waals surface area contributed by atoms with Crippen molar-refractivity contribution in [2.45, 2.75) is 20.3 Å². The molecule has 10 heavy (non-hydrogen) atoms. The van der Waals surface area contributed by atoms with Crippen molar-refractivity contribution in [1.82, 2.24) is 5.32 Å². The number of carbonyl (C=O) groups is 1. The van der Waals surface area contributed by atoms with E-state index in [0.717, 1.165) is 6.42 Å². The van der Waals surface area contributed by atoms with Gasteiger partial charge in [0.2, 0.25) is 5.91 Å². The van der Waals surface area contributed by atoms with Crippen LogP contribution in [0, 0.1) is 11.8 Å². The maximum Gasteiger partial charge on any atom is 0.228 e. The van der Waals surface area contributed by atoms with Gasteiger partial charge in [0.15, 0.2) is 0 Å². The fraction of sp³-hybridized carbons (Fsp3) is 0.714. The summed E-state index contributed by atoms with van der Waals surface area (Å²) in [6.07, 6.45) is 0.882. The van der Waals surface area contributed by atoms with Gasteiger partial charge in [0.1, 0.15) is 0 Å². The molecule has 1 N–H and O–H groups in total. The van der Waals surface area contributed by atoms with Gasteiger partial charge >= 0.3 is 0 Å². The number of thiocarbonyl (C=S) groups is 1. The number of carbonyl (C=O) groups excluding carboxylic acids is 1. The zero-order chi connectivity index (χ0) is 7.72. The fourth-order valence-electron chi connectivity index (χ4n) is 1.28. The van der Waals surface area contributed by atoms with Crippen molar-refractivity contribution in [3.05, 3.63) is 0 Å². The van der Waals surface area contributed by atoms with Crippen molar-refractivity contribution in [1.29, 1.82) is 0 Å². The van der Waals surface area contributed by atoms with Crippen molar-refractivity contribution >= 4 is 23.1 Å². The van der Waals surface area contributed by atoms with Gasteiger partial charge in [-0.05, 0) is 6.42 Å². The molecule has 0 aliphatic carbocycles. The molecule has 0 radical (unpaired) electrons. The maximum absolute atomic E-state index is 11.0. The van der Waals surface area contributed by atoms with Crippen LogP contribution in [0.4, 0.5) is 0 Å². The normalized spacial score (nSPS) is 32.6. The molecule has 0 bridgehead atoms. The monoisotopic (exact) mass is 157 g/mol. The van der Waals surface area contributed by atoms with E-state index in [1.807, 2.05) is 13.8 Å². The molecule has 1 heterocycles. The summed E-state index contributed by atoms with van der Waals surface area (Å²) >= 11 is 4.93. The quantitative estimate of drug-likeness (QED) is 0.578. The van der Waals surface area contributed by atoms with Gasteiger partial charge in [-0.15, -0.1) is 0 Å². The van der Waals surface area contributed by atoms with Crippen LogP contribution in [0.15, 0.2) is 0 Å². The lowest BCUT2D eigenvalue weighted by atomic mass is 9.95. The summed E-state index contributed by atoms with van der Waals surface area (Å²) in [5, 5.41) is 2.66. The van der Waals surface area contributed by atoms with Crippen LogP contribution in [0.5, 0.6) is 0 Å². The number of nitrogens with one attached hydrogen (secondary N) is 1. The average Bonchev–Trinajstić information content (AvgIpc) is 2.09. The summed E-state index contributed by atoms with van der Waals surface area (Å²) in [5.41, 5.74) is 0. The molecule has 1 saturated heterocycles. The molecular formula is C7H11NOS. The van der Waals surface area contributed by atoms with E-state index in [4.69, 9.17) is 12.2 Å². The molecule has 1 amide bonds. The van der Waals surface area contributed by atoms with E-state index in [2.05, 4.69) is 5.32 Å². The van der Waals surface area contributed by atoms with Gasteiger partial charge in [-0.1, -0.05) is 26.1 Å². The first-order valence-corrected chi connectivity index (χ1v) is 3.92. The lowest BCUT2D eigenvalue weighted by Crippen LogP contribution is -2.20. The Hall–Kier alpha value is -0.440. The van der Waals surface area contributed by atoms with E-state index in [1.165, 1.54) is 0 Å². The Balaban J connectivity index is 2.73. The van der Waals surface area contributed by atoms with Crippen molar-refractivity contribution in [3.8, 4) is 0 Å². The molecule has 0 unspecified atom stereocenters. The zero-order valence-electron chi connectivity index (χ0n) is 6.18. The number of amides is 1. The second-order valence-corrected chi connectivity index (χ2v) is 3.10. The average molecular weight is 157 g/mol. The molecule has 0 saturated carbocycles. The van der Waals surface area contributed by atoms with Crippen LogP contribution in [0.2, 0.25) is 0 Å². The van der Waals surface area contributed by atoms with Gasteiger partial charge in [-0.2, -0.15) is 0 Å². The largest absolute Gasteiger partial charge is 0.320 e. The molecule has 1 fully saturated rings. The Morgan fingerprint density at radius 3 is 2.50 bits per heavy atom. The zero-order valence-corrected chi connectivity index (χ0v) is 6.99. The fourth-order valence-corrected chi connectivity index (χ4v) is 1.54. The minimum absolute atomic E-state index is 0.0972. The highest BCUT2D eigenvalue weighted by Crippen LogP contribution is 2.22. The smallest absolute Gasteiger partial charge is 0.228 e. The number of hydrogen-bond donors (Lipinski definition) is 1. The van der Waals surface area contributed by atoms with Crippen LogP contribution in [0.25, 0.3) is 0 Å². The Bertz CT molecular complexity index is 178. The second kappa shape index (κ2) is 2.66. The molecule has 1 aliphatic heterocycles. The first-order valence-electron chi connectivity index (χ1n) is 3.51. The molecular weight excluding hydrogens is 146 g/mol.